The number of benzene rings is 1. The molecule has 0 saturated heterocycles. The molecule has 0 aliphatic rings. The van der Waals surface area contributed by atoms with Crippen LogP contribution in [0.1, 0.15) is 38.3 Å². The van der Waals surface area contributed by atoms with Crippen LogP contribution in [0.3, 0.4) is 0 Å². The Morgan fingerprint density at radius 2 is 2.12 bits per heavy atom. The number of allylic oxidation sites excluding steroid dienone is 1. The zero-order valence-electron chi connectivity index (χ0n) is 11.2. The molecule has 0 unspecified atom stereocenters. The molecule has 2 heteroatoms. The Kier molecular flexibility index (Phi) is 5.36. The van der Waals surface area contributed by atoms with Gasteiger partial charge in [0, 0.05) is 6.04 Å². The maximum absolute atomic E-state index is 13.0. The lowest BCUT2D eigenvalue weighted by Gasteiger charge is -2.08. The van der Waals surface area contributed by atoms with Crippen molar-refractivity contribution in [2.75, 3.05) is 6.54 Å². The Morgan fingerprint density at radius 3 is 2.71 bits per heavy atom. The Labute approximate surface area is 104 Å². The molecule has 0 atom stereocenters. The van der Waals surface area contributed by atoms with E-state index in [2.05, 4.69) is 32.2 Å². The molecule has 0 bridgehead atoms. The molecule has 1 aromatic carbocycles. The third-order valence-corrected chi connectivity index (χ3v) is 2.76. The van der Waals surface area contributed by atoms with Gasteiger partial charge in [-0.15, -0.1) is 0 Å². The Hall–Kier alpha value is -1.15. The summed E-state index contributed by atoms with van der Waals surface area (Å²) < 4.78 is 13.0. The third kappa shape index (κ3) is 4.70. The Morgan fingerprint density at radius 1 is 1.41 bits per heavy atom. The highest BCUT2D eigenvalue weighted by Gasteiger charge is 2.01. The van der Waals surface area contributed by atoms with Crippen molar-refractivity contribution >= 4 is 5.57 Å². The molecular formula is C15H22FN. The minimum absolute atomic E-state index is 0.166. The summed E-state index contributed by atoms with van der Waals surface area (Å²) in [6.45, 7) is 9.29. The molecule has 0 radical (unpaired) electrons. The normalized spacial score (nSPS) is 12.2. The minimum Gasteiger partial charge on any atom is -0.314 e. The summed E-state index contributed by atoms with van der Waals surface area (Å²) in [6, 6.07) is 5.48. The van der Waals surface area contributed by atoms with Crippen molar-refractivity contribution in [3.05, 3.63) is 41.2 Å². The standard InChI is InChI=1S/C15H22FN/c1-11(2)17-9-5-6-12(3)15-8-7-14(16)10-13(15)4/h6-8,10-11,17H,5,9H2,1-4H3. The maximum atomic E-state index is 13.0. The van der Waals surface area contributed by atoms with Crippen LogP contribution in [-0.4, -0.2) is 12.6 Å². The summed E-state index contributed by atoms with van der Waals surface area (Å²) >= 11 is 0. The first-order valence-electron chi connectivity index (χ1n) is 6.17. The molecule has 1 rings (SSSR count). The summed E-state index contributed by atoms with van der Waals surface area (Å²) in [5.41, 5.74) is 3.35. The van der Waals surface area contributed by atoms with Crippen LogP contribution < -0.4 is 5.32 Å². The molecule has 1 N–H and O–H groups in total. The highest BCUT2D eigenvalue weighted by Crippen LogP contribution is 2.19. The molecule has 17 heavy (non-hydrogen) atoms. The van der Waals surface area contributed by atoms with E-state index in [1.165, 1.54) is 11.6 Å². The predicted molar refractivity (Wildman–Crippen MR) is 72.5 cm³/mol. The fourth-order valence-corrected chi connectivity index (χ4v) is 1.84. The number of nitrogens with one attached hydrogen (secondary N) is 1. The van der Waals surface area contributed by atoms with Gasteiger partial charge < -0.3 is 5.32 Å². The van der Waals surface area contributed by atoms with E-state index in [0.29, 0.717) is 6.04 Å². The van der Waals surface area contributed by atoms with E-state index >= 15 is 0 Å². The van der Waals surface area contributed by atoms with E-state index in [-0.39, 0.29) is 5.82 Å². The molecule has 0 fully saturated rings. The van der Waals surface area contributed by atoms with Crippen LogP contribution in [0.25, 0.3) is 5.57 Å². The van der Waals surface area contributed by atoms with Crippen molar-refractivity contribution < 1.29 is 4.39 Å². The molecule has 0 spiro atoms. The van der Waals surface area contributed by atoms with E-state index in [1.54, 1.807) is 6.07 Å². The molecule has 1 nitrogen and oxygen atoms in total. The molecule has 0 aromatic heterocycles. The van der Waals surface area contributed by atoms with Gasteiger partial charge in [0.25, 0.3) is 0 Å². The second-order valence-electron chi connectivity index (χ2n) is 4.74. The molecule has 0 aliphatic heterocycles. The highest BCUT2D eigenvalue weighted by atomic mass is 19.1. The number of halogens is 1. The molecule has 0 amide bonds. The fraction of sp³-hybridized carbons (Fsp3) is 0.467. The molecular weight excluding hydrogens is 213 g/mol. The van der Waals surface area contributed by atoms with E-state index < -0.39 is 0 Å². The highest BCUT2D eigenvalue weighted by molar-refractivity contribution is 5.66. The van der Waals surface area contributed by atoms with Gasteiger partial charge in [-0.05, 0) is 55.6 Å². The minimum atomic E-state index is -0.166. The number of hydrogen-bond donors (Lipinski definition) is 1. The Balaban J connectivity index is 2.62. The van der Waals surface area contributed by atoms with Gasteiger partial charge in [-0.1, -0.05) is 26.0 Å². The number of aryl methyl sites for hydroxylation is 1. The molecule has 0 heterocycles. The first-order valence-corrected chi connectivity index (χ1v) is 6.17. The van der Waals surface area contributed by atoms with Gasteiger partial charge in [-0.2, -0.15) is 0 Å². The summed E-state index contributed by atoms with van der Waals surface area (Å²) in [6.07, 6.45) is 3.20. The van der Waals surface area contributed by atoms with Crippen LogP contribution in [-0.2, 0) is 0 Å². The van der Waals surface area contributed by atoms with E-state index in [9.17, 15) is 4.39 Å². The van der Waals surface area contributed by atoms with Crippen molar-refractivity contribution in [1.82, 2.24) is 5.32 Å². The zero-order chi connectivity index (χ0) is 12.8. The van der Waals surface area contributed by atoms with Gasteiger partial charge in [-0.25, -0.2) is 4.39 Å². The number of hydrogen-bond acceptors (Lipinski definition) is 1. The average Bonchev–Trinajstić information content (AvgIpc) is 2.23. The van der Waals surface area contributed by atoms with Crippen molar-refractivity contribution in [3.63, 3.8) is 0 Å². The first-order chi connectivity index (χ1) is 8.00. The van der Waals surface area contributed by atoms with Crippen LogP contribution >= 0.6 is 0 Å². The Bertz CT molecular complexity index is 394. The molecule has 1 aromatic rings. The van der Waals surface area contributed by atoms with Gasteiger partial charge in [0.1, 0.15) is 5.82 Å². The third-order valence-electron chi connectivity index (χ3n) is 2.76. The zero-order valence-corrected chi connectivity index (χ0v) is 11.2. The topological polar surface area (TPSA) is 12.0 Å². The summed E-state index contributed by atoms with van der Waals surface area (Å²) in [5.74, 6) is -0.166. The lowest BCUT2D eigenvalue weighted by molar-refractivity contribution is 0.595. The number of rotatable bonds is 5. The SMILES string of the molecule is CC(=CCCNC(C)C)c1ccc(F)cc1C. The first kappa shape index (κ1) is 13.9. The second-order valence-corrected chi connectivity index (χ2v) is 4.74. The quantitative estimate of drug-likeness (QED) is 0.763. The van der Waals surface area contributed by atoms with E-state index in [4.69, 9.17) is 0 Å². The van der Waals surface area contributed by atoms with Gasteiger partial charge in [-0.3, -0.25) is 0 Å². The van der Waals surface area contributed by atoms with Crippen molar-refractivity contribution in [2.45, 2.75) is 40.2 Å². The van der Waals surface area contributed by atoms with E-state index in [1.807, 2.05) is 13.0 Å². The van der Waals surface area contributed by atoms with Gasteiger partial charge >= 0.3 is 0 Å². The summed E-state index contributed by atoms with van der Waals surface area (Å²) in [5, 5.41) is 3.37. The van der Waals surface area contributed by atoms with Crippen LogP contribution in [0.5, 0.6) is 0 Å². The lowest BCUT2D eigenvalue weighted by Crippen LogP contribution is -2.23. The smallest absolute Gasteiger partial charge is 0.123 e. The van der Waals surface area contributed by atoms with Crippen molar-refractivity contribution in [3.8, 4) is 0 Å². The largest absolute Gasteiger partial charge is 0.314 e. The van der Waals surface area contributed by atoms with Crippen LogP contribution in [0.4, 0.5) is 4.39 Å². The predicted octanol–water partition coefficient (Wildman–Crippen LogP) is 3.93. The summed E-state index contributed by atoms with van der Waals surface area (Å²) in [7, 11) is 0. The van der Waals surface area contributed by atoms with Crippen molar-refractivity contribution in [2.24, 2.45) is 0 Å². The molecule has 0 saturated carbocycles. The fourth-order valence-electron chi connectivity index (χ4n) is 1.84. The monoisotopic (exact) mass is 235 g/mol. The van der Waals surface area contributed by atoms with Crippen LogP contribution in [0.15, 0.2) is 24.3 Å². The van der Waals surface area contributed by atoms with Gasteiger partial charge in [0.15, 0.2) is 0 Å². The maximum Gasteiger partial charge on any atom is 0.123 e. The van der Waals surface area contributed by atoms with Crippen LogP contribution in [0.2, 0.25) is 0 Å². The van der Waals surface area contributed by atoms with Gasteiger partial charge in [0.2, 0.25) is 0 Å². The average molecular weight is 235 g/mol. The van der Waals surface area contributed by atoms with Crippen LogP contribution in [0, 0.1) is 12.7 Å². The summed E-state index contributed by atoms with van der Waals surface area (Å²) in [4.78, 5) is 0. The second kappa shape index (κ2) is 6.55. The van der Waals surface area contributed by atoms with Crippen molar-refractivity contribution in [1.29, 1.82) is 0 Å². The molecule has 0 aliphatic carbocycles. The lowest BCUT2D eigenvalue weighted by atomic mass is 10.0. The molecule has 94 valence electrons. The van der Waals surface area contributed by atoms with Gasteiger partial charge in [0.05, 0.1) is 0 Å². The van der Waals surface area contributed by atoms with E-state index in [0.717, 1.165) is 24.1 Å².